The van der Waals surface area contributed by atoms with Crippen molar-refractivity contribution in [3.63, 3.8) is 0 Å². The van der Waals surface area contributed by atoms with Crippen LogP contribution in [0.5, 0.6) is 5.75 Å². The highest BCUT2D eigenvalue weighted by atomic mass is 35.5. The second-order valence-corrected chi connectivity index (χ2v) is 5.70. The Bertz CT molecular complexity index is 793. The lowest BCUT2D eigenvalue weighted by Gasteiger charge is -2.19. The molecule has 0 saturated heterocycles. The zero-order chi connectivity index (χ0) is 16.9. The highest BCUT2D eigenvalue weighted by molar-refractivity contribution is 6.31. The number of aromatic hydroxyl groups is 1. The first-order chi connectivity index (χ1) is 11.6. The molecule has 0 unspecified atom stereocenters. The smallest absolute Gasteiger partial charge is 0.342 e. The zero-order valence-electron chi connectivity index (χ0n) is 12.7. The maximum Gasteiger partial charge on any atom is 0.342 e. The molecule has 0 spiro atoms. The van der Waals surface area contributed by atoms with Gasteiger partial charge in [-0.25, -0.2) is 4.79 Å². The maximum absolute atomic E-state index is 12.5. The molecule has 3 aromatic rings. The summed E-state index contributed by atoms with van der Waals surface area (Å²) in [4.78, 5) is 12.5. The van der Waals surface area contributed by atoms with Gasteiger partial charge in [0.2, 0.25) is 0 Å². The number of ether oxygens (including phenoxy) is 1. The number of halogens is 1. The van der Waals surface area contributed by atoms with E-state index in [-0.39, 0.29) is 11.3 Å². The van der Waals surface area contributed by atoms with Crippen LogP contribution in [0.25, 0.3) is 0 Å². The number of rotatable bonds is 4. The first-order valence-electron chi connectivity index (χ1n) is 7.44. The van der Waals surface area contributed by atoms with Gasteiger partial charge in [-0.2, -0.15) is 0 Å². The highest BCUT2D eigenvalue weighted by Gasteiger charge is 2.22. The number of benzene rings is 3. The van der Waals surface area contributed by atoms with Crippen molar-refractivity contribution in [3.8, 4) is 5.75 Å². The second-order valence-electron chi connectivity index (χ2n) is 5.27. The summed E-state index contributed by atoms with van der Waals surface area (Å²) in [7, 11) is 0. The minimum atomic E-state index is -0.632. The van der Waals surface area contributed by atoms with E-state index in [1.807, 2.05) is 60.7 Å². The van der Waals surface area contributed by atoms with Gasteiger partial charge in [-0.1, -0.05) is 72.3 Å². The van der Waals surface area contributed by atoms with Crippen LogP contribution in [0.2, 0.25) is 5.02 Å². The molecule has 0 radical (unpaired) electrons. The predicted molar refractivity (Wildman–Crippen MR) is 93.3 cm³/mol. The molecular weight excluding hydrogens is 324 g/mol. The van der Waals surface area contributed by atoms with Crippen LogP contribution in [0, 0.1) is 0 Å². The van der Waals surface area contributed by atoms with E-state index in [9.17, 15) is 9.90 Å². The number of hydrogen-bond acceptors (Lipinski definition) is 3. The molecule has 4 heteroatoms. The van der Waals surface area contributed by atoms with Gasteiger partial charge >= 0.3 is 5.97 Å². The monoisotopic (exact) mass is 338 g/mol. The Kier molecular flexibility index (Phi) is 4.82. The molecule has 0 saturated carbocycles. The molecule has 3 nitrogen and oxygen atoms in total. The van der Waals surface area contributed by atoms with Crippen molar-refractivity contribution in [1.82, 2.24) is 0 Å². The molecule has 0 bridgehead atoms. The highest BCUT2D eigenvalue weighted by Crippen LogP contribution is 2.29. The lowest BCUT2D eigenvalue weighted by Crippen LogP contribution is -2.13. The Morgan fingerprint density at radius 2 is 1.42 bits per heavy atom. The molecule has 24 heavy (non-hydrogen) atoms. The van der Waals surface area contributed by atoms with Crippen LogP contribution in [0.4, 0.5) is 0 Å². The molecule has 0 aromatic heterocycles. The van der Waals surface area contributed by atoms with Gasteiger partial charge in [0, 0.05) is 5.02 Å². The summed E-state index contributed by atoms with van der Waals surface area (Å²) in [6.45, 7) is 0. The normalized spacial score (nSPS) is 10.6. The second kappa shape index (κ2) is 7.20. The van der Waals surface area contributed by atoms with Gasteiger partial charge in [-0.05, 0) is 29.3 Å². The van der Waals surface area contributed by atoms with Crippen molar-refractivity contribution >= 4 is 17.6 Å². The first kappa shape index (κ1) is 16.1. The molecule has 0 atom stereocenters. The molecular formula is C20H15ClO3. The Labute approximate surface area is 145 Å². The van der Waals surface area contributed by atoms with Gasteiger partial charge in [0.05, 0.1) is 0 Å². The van der Waals surface area contributed by atoms with Gasteiger partial charge in [0.15, 0.2) is 6.10 Å². The van der Waals surface area contributed by atoms with E-state index in [2.05, 4.69) is 0 Å². The fourth-order valence-corrected chi connectivity index (χ4v) is 2.60. The van der Waals surface area contributed by atoms with Crippen LogP contribution in [0.15, 0.2) is 78.9 Å². The summed E-state index contributed by atoms with van der Waals surface area (Å²) in [6, 6.07) is 23.2. The van der Waals surface area contributed by atoms with Crippen LogP contribution in [-0.4, -0.2) is 11.1 Å². The Morgan fingerprint density at radius 1 is 0.875 bits per heavy atom. The van der Waals surface area contributed by atoms with Gasteiger partial charge in [-0.3, -0.25) is 0 Å². The fourth-order valence-electron chi connectivity index (χ4n) is 2.43. The van der Waals surface area contributed by atoms with Crippen LogP contribution in [0.1, 0.15) is 27.6 Å². The van der Waals surface area contributed by atoms with Gasteiger partial charge in [-0.15, -0.1) is 0 Å². The van der Waals surface area contributed by atoms with Gasteiger partial charge in [0.1, 0.15) is 11.3 Å². The molecule has 0 heterocycles. The lowest BCUT2D eigenvalue weighted by atomic mass is 10.0. The minimum absolute atomic E-state index is 0.0411. The SMILES string of the molecule is O=C(OC(c1ccccc1)c1ccccc1)c1cc(Cl)ccc1O. The molecule has 120 valence electrons. The summed E-state index contributed by atoms with van der Waals surface area (Å²) in [5, 5.41) is 10.3. The van der Waals surface area contributed by atoms with Crippen LogP contribution >= 0.6 is 11.6 Å². The molecule has 0 aliphatic heterocycles. The Hall–Kier alpha value is -2.78. The summed E-state index contributed by atoms with van der Waals surface area (Å²) in [6.07, 6.45) is -0.571. The Morgan fingerprint density at radius 3 is 1.96 bits per heavy atom. The van der Waals surface area contributed by atoms with Crippen molar-refractivity contribution < 1.29 is 14.6 Å². The van der Waals surface area contributed by atoms with Gasteiger partial charge in [0.25, 0.3) is 0 Å². The minimum Gasteiger partial charge on any atom is -0.507 e. The van der Waals surface area contributed by atoms with Crippen molar-refractivity contribution in [2.45, 2.75) is 6.10 Å². The molecule has 0 fully saturated rings. The number of hydrogen-bond donors (Lipinski definition) is 1. The number of carbonyl (C=O) groups is 1. The number of phenolic OH excluding ortho intramolecular Hbond substituents is 1. The third-order valence-corrected chi connectivity index (χ3v) is 3.84. The molecule has 3 rings (SSSR count). The van der Waals surface area contributed by atoms with Gasteiger partial charge < -0.3 is 9.84 Å². The first-order valence-corrected chi connectivity index (χ1v) is 7.82. The van der Waals surface area contributed by atoms with Crippen molar-refractivity contribution in [2.75, 3.05) is 0 Å². The quantitative estimate of drug-likeness (QED) is 0.681. The zero-order valence-corrected chi connectivity index (χ0v) is 13.5. The van der Waals surface area contributed by atoms with Crippen molar-refractivity contribution in [1.29, 1.82) is 0 Å². The maximum atomic E-state index is 12.5. The number of esters is 1. The lowest BCUT2D eigenvalue weighted by molar-refractivity contribution is 0.0375. The van der Waals surface area contributed by atoms with E-state index >= 15 is 0 Å². The molecule has 1 N–H and O–H groups in total. The standard InChI is InChI=1S/C20H15ClO3/c21-16-11-12-18(22)17(13-16)20(23)24-19(14-7-3-1-4-8-14)15-9-5-2-6-10-15/h1-13,19,22H. The van der Waals surface area contributed by atoms with E-state index in [4.69, 9.17) is 16.3 Å². The fraction of sp³-hybridized carbons (Fsp3) is 0.0500. The number of phenols is 1. The Balaban J connectivity index is 1.95. The van der Waals surface area contributed by atoms with E-state index < -0.39 is 12.1 Å². The molecule has 3 aromatic carbocycles. The van der Waals surface area contributed by atoms with E-state index in [1.54, 1.807) is 0 Å². The summed E-state index contributed by atoms with van der Waals surface area (Å²) >= 11 is 5.91. The van der Waals surface area contributed by atoms with E-state index in [0.29, 0.717) is 5.02 Å². The third-order valence-electron chi connectivity index (χ3n) is 3.61. The van der Waals surface area contributed by atoms with Crippen LogP contribution in [-0.2, 0) is 4.74 Å². The average Bonchev–Trinajstić information content (AvgIpc) is 2.63. The third kappa shape index (κ3) is 3.58. The summed E-state index contributed by atoms with van der Waals surface area (Å²) in [5.41, 5.74) is 1.73. The van der Waals surface area contributed by atoms with Crippen molar-refractivity contribution in [2.24, 2.45) is 0 Å². The number of carbonyl (C=O) groups excluding carboxylic acids is 1. The summed E-state index contributed by atoms with van der Waals surface area (Å²) < 4.78 is 5.69. The van der Waals surface area contributed by atoms with Crippen LogP contribution in [0.3, 0.4) is 0 Å². The molecule has 0 aliphatic rings. The van der Waals surface area contributed by atoms with Crippen molar-refractivity contribution in [3.05, 3.63) is 101 Å². The largest absolute Gasteiger partial charge is 0.507 e. The van der Waals surface area contributed by atoms with Crippen LogP contribution < -0.4 is 0 Å². The topological polar surface area (TPSA) is 46.5 Å². The predicted octanol–water partition coefficient (Wildman–Crippen LogP) is 4.99. The van der Waals surface area contributed by atoms with E-state index in [1.165, 1.54) is 18.2 Å². The molecule has 0 amide bonds. The summed E-state index contributed by atoms with van der Waals surface area (Å²) in [5.74, 6) is -0.794. The van der Waals surface area contributed by atoms with E-state index in [0.717, 1.165) is 11.1 Å². The molecule has 0 aliphatic carbocycles. The average molecular weight is 339 g/mol.